The molecule has 0 saturated carbocycles. The van der Waals surface area contributed by atoms with Gasteiger partial charge in [-0.15, -0.1) is 10.2 Å². The first-order chi connectivity index (χ1) is 12.8. The SMILES string of the molecule is N#Cc1ccc(NC2CCN(Cc3ccc(F)c(C(F)(F)F)c3)CC2)nn1. The Hall–Kier alpha value is -2.73. The Bertz CT molecular complexity index is 821. The van der Waals surface area contributed by atoms with E-state index in [1.165, 1.54) is 6.07 Å². The van der Waals surface area contributed by atoms with Crippen LogP contribution in [0.25, 0.3) is 0 Å². The minimum absolute atomic E-state index is 0.169. The smallest absolute Gasteiger partial charge is 0.366 e. The summed E-state index contributed by atoms with van der Waals surface area (Å²) in [6.45, 7) is 1.73. The van der Waals surface area contributed by atoms with Crippen molar-refractivity contribution in [2.45, 2.75) is 31.6 Å². The Morgan fingerprint density at radius 2 is 1.89 bits per heavy atom. The number of aromatic nitrogens is 2. The zero-order chi connectivity index (χ0) is 19.4. The third kappa shape index (κ3) is 4.92. The Morgan fingerprint density at radius 1 is 1.15 bits per heavy atom. The zero-order valence-electron chi connectivity index (χ0n) is 14.3. The molecule has 1 saturated heterocycles. The van der Waals surface area contributed by atoms with Crippen molar-refractivity contribution in [3.05, 3.63) is 53.0 Å². The lowest BCUT2D eigenvalue weighted by Crippen LogP contribution is -2.38. The van der Waals surface area contributed by atoms with Crippen molar-refractivity contribution in [2.75, 3.05) is 18.4 Å². The highest BCUT2D eigenvalue weighted by Crippen LogP contribution is 2.32. The van der Waals surface area contributed by atoms with Gasteiger partial charge in [0.15, 0.2) is 5.69 Å². The normalized spacial score (nSPS) is 16.1. The maximum atomic E-state index is 13.4. The Labute approximate surface area is 153 Å². The molecule has 2 aromatic rings. The first-order valence-electron chi connectivity index (χ1n) is 8.43. The maximum absolute atomic E-state index is 13.4. The van der Waals surface area contributed by atoms with Crippen molar-refractivity contribution < 1.29 is 17.6 Å². The molecule has 0 aliphatic carbocycles. The van der Waals surface area contributed by atoms with Crippen LogP contribution >= 0.6 is 0 Å². The molecule has 9 heteroatoms. The quantitative estimate of drug-likeness (QED) is 0.823. The number of hydrogen-bond donors (Lipinski definition) is 1. The van der Waals surface area contributed by atoms with Crippen LogP contribution < -0.4 is 5.32 Å². The van der Waals surface area contributed by atoms with Gasteiger partial charge in [-0.1, -0.05) is 6.07 Å². The zero-order valence-corrected chi connectivity index (χ0v) is 14.3. The molecular weight excluding hydrogens is 362 g/mol. The van der Waals surface area contributed by atoms with E-state index in [-0.39, 0.29) is 11.7 Å². The van der Waals surface area contributed by atoms with E-state index < -0.39 is 17.6 Å². The molecule has 1 aromatic heterocycles. The van der Waals surface area contributed by atoms with E-state index in [4.69, 9.17) is 5.26 Å². The summed E-state index contributed by atoms with van der Waals surface area (Å²) in [4.78, 5) is 2.04. The number of likely N-dealkylation sites (tertiary alicyclic amines) is 1. The predicted molar refractivity (Wildman–Crippen MR) is 90.1 cm³/mol. The number of nitrogens with zero attached hydrogens (tertiary/aromatic N) is 4. The summed E-state index contributed by atoms with van der Waals surface area (Å²) in [5.41, 5.74) is -0.545. The van der Waals surface area contributed by atoms with E-state index in [1.807, 2.05) is 11.0 Å². The minimum atomic E-state index is -4.70. The molecule has 5 nitrogen and oxygen atoms in total. The van der Waals surface area contributed by atoms with Gasteiger partial charge in [0.05, 0.1) is 5.56 Å². The first-order valence-corrected chi connectivity index (χ1v) is 8.43. The highest BCUT2D eigenvalue weighted by Gasteiger charge is 2.34. The van der Waals surface area contributed by atoms with Gasteiger partial charge in [-0.2, -0.15) is 18.4 Å². The Morgan fingerprint density at radius 3 is 2.48 bits per heavy atom. The largest absolute Gasteiger partial charge is 0.419 e. The Balaban J connectivity index is 1.54. The highest BCUT2D eigenvalue weighted by atomic mass is 19.4. The van der Waals surface area contributed by atoms with Crippen LogP contribution in [0.2, 0.25) is 0 Å². The van der Waals surface area contributed by atoms with Crippen LogP contribution in [0.1, 0.15) is 29.7 Å². The van der Waals surface area contributed by atoms with E-state index in [0.717, 1.165) is 25.0 Å². The molecule has 3 rings (SSSR count). The number of nitriles is 1. The van der Waals surface area contributed by atoms with Crippen LogP contribution in [0, 0.1) is 17.1 Å². The summed E-state index contributed by atoms with van der Waals surface area (Å²) in [5.74, 6) is -0.668. The van der Waals surface area contributed by atoms with Gasteiger partial charge in [-0.25, -0.2) is 4.39 Å². The van der Waals surface area contributed by atoms with Gasteiger partial charge < -0.3 is 5.32 Å². The molecule has 0 spiro atoms. The molecule has 1 aromatic carbocycles. The van der Waals surface area contributed by atoms with Crippen LogP contribution in [0.3, 0.4) is 0 Å². The van der Waals surface area contributed by atoms with Crippen LogP contribution in [-0.4, -0.2) is 34.2 Å². The summed E-state index contributed by atoms with van der Waals surface area (Å²) in [6.07, 6.45) is -3.12. The summed E-state index contributed by atoms with van der Waals surface area (Å²) < 4.78 is 51.8. The highest BCUT2D eigenvalue weighted by molar-refractivity contribution is 5.36. The number of hydrogen-bond acceptors (Lipinski definition) is 5. The lowest BCUT2D eigenvalue weighted by Gasteiger charge is -2.32. The molecule has 0 bridgehead atoms. The summed E-state index contributed by atoms with van der Waals surface area (Å²) >= 11 is 0. The molecule has 1 fully saturated rings. The molecule has 0 unspecified atom stereocenters. The molecule has 27 heavy (non-hydrogen) atoms. The van der Waals surface area contributed by atoms with Crippen molar-refractivity contribution in [1.29, 1.82) is 5.26 Å². The lowest BCUT2D eigenvalue weighted by molar-refractivity contribution is -0.140. The van der Waals surface area contributed by atoms with Gasteiger partial charge in [-0.3, -0.25) is 4.90 Å². The first kappa shape index (κ1) is 19.0. The Kier molecular flexibility index (Phi) is 5.56. The van der Waals surface area contributed by atoms with Crippen LogP contribution in [0.5, 0.6) is 0 Å². The molecule has 2 heterocycles. The number of nitrogens with one attached hydrogen (secondary N) is 1. The standard InChI is InChI=1S/C18H17F4N5/c19-16-3-1-12(9-15(16)18(20,21)22)11-27-7-5-13(6-8-27)24-17-4-2-14(10-23)25-26-17/h1-4,9,13H,5-8,11H2,(H,24,26). The van der Waals surface area contributed by atoms with Gasteiger partial charge in [-0.05, 0) is 42.7 Å². The van der Waals surface area contributed by atoms with Gasteiger partial charge in [0.2, 0.25) is 0 Å². The number of rotatable bonds is 4. The second kappa shape index (κ2) is 7.88. The number of anilines is 1. The molecule has 0 amide bonds. The number of halogens is 4. The number of piperidine rings is 1. The van der Waals surface area contributed by atoms with Crippen LogP contribution in [0.4, 0.5) is 23.4 Å². The van der Waals surface area contributed by atoms with Crippen LogP contribution in [-0.2, 0) is 12.7 Å². The van der Waals surface area contributed by atoms with Crippen molar-refractivity contribution in [1.82, 2.24) is 15.1 Å². The maximum Gasteiger partial charge on any atom is 0.419 e. The molecular formula is C18H17F4N5. The fraction of sp³-hybridized carbons (Fsp3) is 0.389. The van der Waals surface area contributed by atoms with Gasteiger partial charge in [0, 0.05) is 25.7 Å². The third-order valence-corrected chi connectivity index (χ3v) is 4.46. The van der Waals surface area contributed by atoms with Crippen LogP contribution in [0.15, 0.2) is 30.3 Å². The van der Waals surface area contributed by atoms with Gasteiger partial charge in [0.25, 0.3) is 0 Å². The fourth-order valence-electron chi connectivity index (χ4n) is 3.06. The average Bonchev–Trinajstić information content (AvgIpc) is 2.64. The number of alkyl halides is 3. The van der Waals surface area contributed by atoms with E-state index in [9.17, 15) is 17.6 Å². The van der Waals surface area contributed by atoms with Gasteiger partial charge >= 0.3 is 6.18 Å². The fourth-order valence-corrected chi connectivity index (χ4v) is 3.06. The van der Waals surface area contributed by atoms with Crippen molar-refractivity contribution in [3.63, 3.8) is 0 Å². The van der Waals surface area contributed by atoms with Crippen molar-refractivity contribution in [2.24, 2.45) is 0 Å². The molecule has 1 aliphatic rings. The molecule has 0 radical (unpaired) electrons. The van der Waals surface area contributed by atoms with E-state index in [2.05, 4.69) is 15.5 Å². The van der Waals surface area contributed by atoms with E-state index >= 15 is 0 Å². The molecule has 1 aliphatic heterocycles. The molecule has 142 valence electrons. The lowest BCUT2D eigenvalue weighted by atomic mass is 10.0. The minimum Gasteiger partial charge on any atom is -0.366 e. The summed E-state index contributed by atoms with van der Waals surface area (Å²) in [5, 5.41) is 19.7. The van der Waals surface area contributed by atoms with Crippen molar-refractivity contribution in [3.8, 4) is 6.07 Å². The second-order valence-corrected chi connectivity index (χ2v) is 6.42. The third-order valence-electron chi connectivity index (χ3n) is 4.46. The topological polar surface area (TPSA) is 64.8 Å². The predicted octanol–water partition coefficient (Wildman–Crippen LogP) is 3.58. The van der Waals surface area contributed by atoms with Crippen molar-refractivity contribution >= 4 is 5.82 Å². The summed E-state index contributed by atoms with van der Waals surface area (Å²) in [7, 11) is 0. The van der Waals surface area contributed by atoms with E-state index in [0.29, 0.717) is 31.0 Å². The van der Waals surface area contributed by atoms with E-state index in [1.54, 1.807) is 12.1 Å². The second-order valence-electron chi connectivity index (χ2n) is 6.42. The average molecular weight is 379 g/mol. The molecule has 0 atom stereocenters. The van der Waals surface area contributed by atoms with Gasteiger partial charge in [0.1, 0.15) is 17.7 Å². The summed E-state index contributed by atoms with van der Waals surface area (Å²) in [6, 6.07) is 8.48. The number of benzene rings is 1. The monoisotopic (exact) mass is 379 g/mol. The molecule has 1 N–H and O–H groups in total.